The van der Waals surface area contributed by atoms with E-state index in [1.807, 2.05) is 0 Å². The number of fused-ring (bicyclic) bond motifs is 2. The number of hydrogen-bond acceptors (Lipinski definition) is 0. The Hall–Kier alpha value is -1.54. The van der Waals surface area contributed by atoms with E-state index < -0.39 is 0 Å². The number of aryl methyl sites for hydroxylation is 2. The third-order valence-electron chi connectivity index (χ3n) is 4.25. The smallest absolute Gasteiger partial charge is 0.0484 e. The van der Waals surface area contributed by atoms with Gasteiger partial charge in [-0.1, -0.05) is 34.1 Å². The van der Waals surface area contributed by atoms with E-state index in [1.54, 1.807) is 11.1 Å². The monoisotopic (exact) mass is 325 g/mol. The standard InChI is InChI=1S/C18H16BrN/c19-17-6-7-18-16(11-17)8-9-20(18)12-13-4-5-14-2-1-3-15(14)10-13/h4-11H,1-3,12H2. The summed E-state index contributed by atoms with van der Waals surface area (Å²) in [5.74, 6) is 0. The van der Waals surface area contributed by atoms with Crippen molar-refractivity contribution in [3.63, 3.8) is 0 Å². The fourth-order valence-corrected chi connectivity index (χ4v) is 3.61. The first-order chi connectivity index (χ1) is 9.79. The molecule has 0 amide bonds. The molecule has 0 spiro atoms. The van der Waals surface area contributed by atoms with E-state index in [2.05, 4.69) is 69.2 Å². The molecule has 0 aliphatic heterocycles. The van der Waals surface area contributed by atoms with Gasteiger partial charge in [-0.3, -0.25) is 0 Å². The summed E-state index contributed by atoms with van der Waals surface area (Å²) in [6.07, 6.45) is 6.02. The molecule has 0 saturated heterocycles. The van der Waals surface area contributed by atoms with E-state index in [9.17, 15) is 0 Å². The lowest BCUT2D eigenvalue weighted by Gasteiger charge is -2.08. The first-order valence-electron chi connectivity index (χ1n) is 7.15. The summed E-state index contributed by atoms with van der Waals surface area (Å²) >= 11 is 3.53. The van der Waals surface area contributed by atoms with Crippen LogP contribution in [0.4, 0.5) is 0 Å². The van der Waals surface area contributed by atoms with Gasteiger partial charge in [0.2, 0.25) is 0 Å². The minimum atomic E-state index is 0.957. The molecule has 1 aliphatic carbocycles. The van der Waals surface area contributed by atoms with Gasteiger partial charge in [0.05, 0.1) is 0 Å². The minimum Gasteiger partial charge on any atom is -0.343 e. The molecule has 2 heteroatoms. The van der Waals surface area contributed by atoms with Crippen LogP contribution in [0.5, 0.6) is 0 Å². The Morgan fingerprint density at radius 1 is 0.950 bits per heavy atom. The van der Waals surface area contributed by atoms with Gasteiger partial charge in [0.1, 0.15) is 0 Å². The van der Waals surface area contributed by atoms with Gasteiger partial charge in [-0.15, -0.1) is 0 Å². The molecule has 0 saturated carbocycles. The van der Waals surface area contributed by atoms with Gasteiger partial charge in [0, 0.05) is 28.1 Å². The highest BCUT2D eigenvalue weighted by atomic mass is 79.9. The summed E-state index contributed by atoms with van der Waals surface area (Å²) in [6, 6.07) is 15.7. The largest absolute Gasteiger partial charge is 0.343 e. The van der Waals surface area contributed by atoms with Gasteiger partial charge in [0.25, 0.3) is 0 Å². The Bertz CT molecular complexity index is 785. The van der Waals surface area contributed by atoms with Crippen LogP contribution in [0.25, 0.3) is 10.9 Å². The summed E-state index contributed by atoms with van der Waals surface area (Å²) in [6.45, 7) is 0.957. The summed E-state index contributed by atoms with van der Waals surface area (Å²) in [7, 11) is 0. The Morgan fingerprint density at radius 3 is 2.80 bits per heavy atom. The minimum absolute atomic E-state index is 0.957. The molecule has 1 aliphatic rings. The molecule has 0 N–H and O–H groups in total. The van der Waals surface area contributed by atoms with Crippen LogP contribution >= 0.6 is 15.9 Å². The van der Waals surface area contributed by atoms with E-state index >= 15 is 0 Å². The zero-order chi connectivity index (χ0) is 13.5. The second-order valence-electron chi connectivity index (χ2n) is 5.60. The van der Waals surface area contributed by atoms with Crippen LogP contribution in [0.3, 0.4) is 0 Å². The summed E-state index contributed by atoms with van der Waals surface area (Å²) in [5, 5.41) is 1.29. The average Bonchev–Trinajstić information content (AvgIpc) is 3.05. The molecule has 3 aromatic rings. The van der Waals surface area contributed by atoms with Crippen LogP contribution in [0.1, 0.15) is 23.1 Å². The summed E-state index contributed by atoms with van der Waals surface area (Å²) in [5.41, 5.74) is 5.82. The van der Waals surface area contributed by atoms with Crippen molar-refractivity contribution in [3.05, 3.63) is 69.8 Å². The lowest BCUT2D eigenvalue weighted by molar-refractivity contribution is 0.834. The maximum atomic E-state index is 3.53. The van der Waals surface area contributed by atoms with Gasteiger partial charge < -0.3 is 4.57 Å². The Balaban J connectivity index is 1.70. The molecular weight excluding hydrogens is 310 g/mol. The van der Waals surface area contributed by atoms with Crippen molar-refractivity contribution in [1.82, 2.24) is 4.57 Å². The van der Waals surface area contributed by atoms with Crippen LogP contribution in [0, 0.1) is 0 Å². The van der Waals surface area contributed by atoms with Crippen LogP contribution in [-0.2, 0) is 19.4 Å². The van der Waals surface area contributed by atoms with E-state index in [1.165, 1.54) is 35.7 Å². The second-order valence-corrected chi connectivity index (χ2v) is 6.52. The normalized spacial score (nSPS) is 13.8. The molecule has 0 fully saturated rings. The maximum absolute atomic E-state index is 3.53. The lowest BCUT2D eigenvalue weighted by atomic mass is 10.1. The van der Waals surface area contributed by atoms with Crippen molar-refractivity contribution in [2.45, 2.75) is 25.8 Å². The molecule has 4 rings (SSSR count). The van der Waals surface area contributed by atoms with E-state index in [0.717, 1.165) is 11.0 Å². The average molecular weight is 326 g/mol. The van der Waals surface area contributed by atoms with Crippen molar-refractivity contribution in [2.75, 3.05) is 0 Å². The lowest BCUT2D eigenvalue weighted by Crippen LogP contribution is -1.98. The van der Waals surface area contributed by atoms with Gasteiger partial charge >= 0.3 is 0 Å². The molecular formula is C18H16BrN. The van der Waals surface area contributed by atoms with E-state index in [0.29, 0.717) is 0 Å². The van der Waals surface area contributed by atoms with Crippen molar-refractivity contribution in [1.29, 1.82) is 0 Å². The molecule has 2 aromatic carbocycles. The SMILES string of the molecule is Brc1ccc2c(ccn2Cc2ccc3c(c2)CCC3)c1. The van der Waals surface area contributed by atoms with E-state index in [4.69, 9.17) is 0 Å². The van der Waals surface area contributed by atoms with Crippen molar-refractivity contribution in [3.8, 4) is 0 Å². The molecule has 0 radical (unpaired) electrons. The van der Waals surface area contributed by atoms with Crippen LogP contribution in [0.2, 0.25) is 0 Å². The Kier molecular flexibility index (Phi) is 2.92. The van der Waals surface area contributed by atoms with Crippen LogP contribution < -0.4 is 0 Å². The fraction of sp³-hybridized carbons (Fsp3) is 0.222. The highest BCUT2D eigenvalue weighted by molar-refractivity contribution is 9.10. The van der Waals surface area contributed by atoms with Crippen molar-refractivity contribution < 1.29 is 0 Å². The Labute approximate surface area is 127 Å². The summed E-state index contributed by atoms with van der Waals surface area (Å²) < 4.78 is 3.47. The van der Waals surface area contributed by atoms with Crippen LogP contribution in [-0.4, -0.2) is 4.57 Å². The van der Waals surface area contributed by atoms with Gasteiger partial charge in [0.15, 0.2) is 0 Å². The Morgan fingerprint density at radius 2 is 1.85 bits per heavy atom. The summed E-state index contributed by atoms with van der Waals surface area (Å²) in [4.78, 5) is 0. The number of nitrogens with zero attached hydrogens (tertiary/aromatic N) is 1. The zero-order valence-corrected chi connectivity index (χ0v) is 12.9. The molecule has 0 bridgehead atoms. The maximum Gasteiger partial charge on any atom is 0.0484 e. The van der Waals surface area contributed by atoms with Gasteiger partial charge in [-0.05, 0) is 60.2 Å². The predicted octanol–water partition coefficient (Wildman–Crippen LogP) is 4.94. The third-order valence-corrected chi connectivity index (χ3v) is 4.74. The number of halogens is 1. The molecule has 1 aromatic heterocycles. The third kappa shape index (κ3) is 2.08. The number of benzene rings is 2. The van der Waals surface area contributed by atoms with Crippen LogP contribution in [0.15, 0.2) is 53.1 Å². The second kappa shape index (κ2) is 4.78. The highest BCUT2D eigenvalue weighted by Gasteiger charge is 2.11. The molecule has 20 heavy (non-hydrogen) atoms. The molecule has 1 nitrogen and oxygen atoms in total. The molecule has 100 valence electrons. The number of hydrogen-bond donors (Lipinski definition) is 0. The molecule has 0 unspecified atom stereocenters. The quantitative estimate of drug-likeness (QED) is 0.628. The zero-order valence-electron chi connectivity index (χ0n) is 11.3. The molecule has 1 heterocycles. The van der Waals surface area contributed by atoms with Crippen molar-refractivity contribution in [2.24, 2.45) is 0 Å². The fourth-order valence-electron chi connectivity index (χ4n) is 3.23. The highest BCUT2D eigenvalue weighted by Crippen LogP contribution is 2.25. The predicted molar refractivity (Wildman–Crippen MR) is 87.2 cm³/mol. The molecule has 0 atom stereocenters. The van der Waals surface area contributed by atoms with Crippen molar-refractivity contribution >= 4 is 26.8 Å². The van der Waals surface area contributed by atoms with Gasteiger partial charge in [-0.25, -0.2) is 0 Å². The van der Waals surface area contributed by atoms with Gasteiger partial charge in [-0.2, -0.15) is 0 Å². The topological polar surface area (TPSA) is 4.93 Å². The number of rotatable bonds is 2. The van der Waals surface area contributed by atoms with E-state index in [-0.39, 0.29) is 0 Å². The first kappa shape index (κ1) is 12.2. The number of aromatic nitrogens is 1. The first-order valence-corrected chi connectivity index (χ1v) is 7.94.